The van der Waals surface area contributed by atoms with E-state index in [-0.39, 0.29) is 18.5 Å². The summed E-state index contributed by atoms with van der Waals surface area (Å²) < 4.78 is 5.51. The maximum Gasteiger partial charge on any atom is 0.305 e. The van der Waals surface area contributed by atoms with E-state index in [0.717, 1.165) is 38.5 Å². The van der Waals surface area contributed by atoms with Crippen molar-refractivity contribution in [2.75, 3.05) is 13.2 Å². The number of aliphatic hydroxyl groups is 2. The molecule has 0 heterocycles. The Hall–Kier alpha value is -1.40. The van der Waals surface area contributed by atoms with E-state index in [1.54, 1.807) is 6.08 Å². The number of allylic oxidation sites excluding steroid dienone is 1. The Kier molecular flexibility index (Phi) is 69.9. The molecule has 0 saturated carbocycles. The summed E-state index contributed by atoms with van der Waals surface area (Å²) in [6, 6.07) is -0.622. The van der Waals surface area contributed by atoms with Crippen LogP contribution in [-0.4, -0.2) is 47.4 Å². The fraction of sp³-hybridized carbons (Fsp3) is 0.947. The van der Waals surface area contributed by atoms with Gasteiger partial charge in [0.1, 0.15) is 0 Å². The monoisotopic (exact) mass is 1140 g/mol. The SMILES string of the molecule is CCCCCCCCCCCCC/C=C/C(O)C(CO)NC(=O)CCCCCCCCCCCCCCCCCCCCCCCCCCCCCCCCCCCCCOC(=O)CCCCCCCCCCCCCCCCCC. The lowest BCUT2D eigenvalue weighted by atomic mass is 10.0. The Morgan fingerprint density at radius 2 is 0.568 bits per heavy atom. The summed E-state index contributed by atoms with van der Waals surface area (Å²) in [5, 5.41) is 23.1. The average Bonchev–Trinajstić information content (AvgIpc) is 3.47. The number of nitrogens with one attached hydrogen (secondary N) is 1. The predicted molar refractivity (Wildman–Crippen MR) is 357 cm³/mol. The fourth-order valence-corrected chi connectivity index (χ4v) is 12.1. The molecule has 2 atom stereocenters. The third-order valence-electron chi connectivity index (χ3n) is 17.8. The number of carbonyl (C=O) groups excluding carboxylic acids is 2. The van der Waals surface area contributed by atoms with Crippen LogP contribution in [0.15, 0.2) is 12.2 Å². The number of rotatable bonds is 71. The normalized spacial score (nSPS) is 12.5. The van der Waals surface area contributed by atoms with Crippen molar-refractivity contribution in [2.45, 2.75) is 443 Å². The second-order valence-electron chi connectivity index (χ2n) is 26.0. The number of unbranched alkanes of at least 4 members (excludes halogenated alkanes) is 60. The number of ether oxygens (including phenoxy) is 1. The Labute approximate surface area is 508 Å². The summed E-state index contributed by atoms with van der Waals surface area (Å²) >= 11 is 0. The molecule has 0 aromatic rings. The molecule has 0 rings (SSSR count). The highest BCUT2D eigenvalue weighted by Crippen LogP contribution is 2.20. The third-order valence-corrected chi connectivity index (χ3v) is 17.8. The first-order valence-electron chi connectivity index (χ1n) is 37.5. The highest BCUT2D eigenvalue weighted by molar-refractivity contribution is 5.76. The molecule has 0 saturated heterocycles. The largest absolute Gasteiger partial charge is 0.466 e. The minimum atomic E-state index is -0.839. The van der Waals surface area contributed by atoms with Crippen LogP contribution in [0.3, 0.4) is 0 Å². The van der Waals surface area contributed by atoms with E-state index in [0.29, 0.717) is 19.4 Å². The molecule has 81 heavy (non-hydrogen) atoms. The number of esters is 1. The van der Waals surface area contributed by atoms with Gasteiger partial charge in [-0.3, -0.25) is 9.59 Å². The number of hydrogen-bond acceptors (Lipinski definition) is 5. The molecular weight excluding hydrogens is 995 g/mol. The van der Waals surface area contributed by atoms with E-state index in [1.165, 1.54) is 366 Å². The van der Waals surface area contributed by atoms with Crippen LogP contribution in [0.4, 0.5) is 0 Å². The molecule has 3 N–H and O–H groups in total. The molecule has 0 fully saturated rings. The predicted octanol–water partition coefficient (Wildman–Crippen LogP) is 24.3. The van der Waals surface area contributed by atoms with E-state index in [2.05, 4.69) is 19.2 Å². The fourth-order valence-electron chi connectivity index (χ4n) is 12.1. The number of amides is 1. The topological polar surface area (TPSA) is 95.9 Å². The molecule has 6 nitrogen and oxygen atoms in total. The van der Waals surface area contributed by atoms with E-state index in [9.17, 15) is 19.8 Å². The molecule has 482 valence electrons. The van der Waals surface area contributed by atoms with Crippen LogP contribution in [-0.2, 0) is 14.3 Å². The average molecular weight is 1140 g/mol. The number of aliphatic hydroxyl groups excluding tert-OH is 2. The van der Waals surface area contributed by atoms with E-state index in [4.69, 9.17) is 4.74 Å². The van der Waals surface area contributed by atoms with Crippen LogP contribution in [0.1, 0.15) is 431 Å². The smallest absolute Gasteiger partial charge is 0.305 e. The van der Waals surface area contributed by atoms with Crippen LogP contribution in [0, 0.1) is 0 Å². The van der Waals surface area contributed by atoms with Crippen LogP contribution in [0.5, 0.6) is 0 Å². The van der Waals surface area contributed by atoms with Crippen molar-refractivity contribution in [1.82, 2.24) is 5.32 Å². The van der Waals surface area contributed by atoms with Crippen molar-refractivity contribution in [3.8, 4) is 0 Å². The zero-order chi connectivity index (χ0) is 58.5. The van der Waals surface area contributed by atoms with Crippen molar-refractivity contribution in [3.63, 3.8) is 0 Å². The molecular formula is C75H147NO5. The van der Waals surface area contributed by atoms with Gasteiger partial charge in [-0.1, -0.05) is 398 Å². The van der Waals surface area contributed by atoms with E-state index >= 15 is 0 Å². The second kappa shape index (κ2) is 71.1. The maximum atomic E-state index is 12.5. The summed E-state index contributed by atoms with van der Waals surface area (Å²) in [4.78, 5) is 24.6. The molecule has 0 aromatic carbocycles. The minimum Gasteiger partial charge on any atom is -0.466 e. The summed E-state index contributed by atoms with van der Waals surface area (Å²) in [7, 11) is 0. The van der Waals surface area contributed by atoms with Crippen molar-refractivity contribution >= 4 is 11.9 Å². The molecule has 6 heteroatoms. The summed E-state index contributed by atoms with van der Waals surface area (Å²) in [5.41, 5.74) is 0. The Morgan fingerprint density at radius 3 is 0.840 bits per heavy atom. The third kappa shape index (κ3) is 67.6. The Balaban J connectivity index is 3.29. The lowest BCUT2D eigenvalue weighted by Gasteiger charge is -2.20. The van der Waals surface area contributed by atoms with Gasteiger partial charge in [-0.25, -0.2) is 0 Å². The molecule has 0 aromatic heterocycles. The Bertz CT molecular complexity index is 1220. The standard InChI is InChI=1S/C75H147NO5/c1-3-5-7-9-11-13-15-17-18-41-45-49-53-57-61-65-69-75(80)81-70-66-62-58-54-50-46-42-39-37-35-33-31-29-27-25-23-21-19-20-22-24-26-28-30-32-34-36-38-40-44-48-52-56-60-64-68-74(79)76-72(71-77)73(78)67-63-59-55-51-47-43-16-14-12-10-8-6-4-2/h63,67,72-73,77-78H,3-62,64-66,68-71H2,1-2H3,(H,76,79)/b67-63+. The summed E-state index contributed by atoms with van der Waals surface area (Å²) in [6.07, 6.45) is 89.0. The highest BCUT2D eigenvalue weighted by atomic mass is 16.5. The first-order chi connectivity index (χ1) is 40.0. The molecule has 0 aliphatic heterocycles. The quantitative estimate of drug-likeness (QED) is 0.0320. The van der Waals surface area contributed by atoms with Crippen molar-refractivity contribution in [3.05, 3.63) is 12.2 Å². The zero-order valence-electron chi connectivity index (χ0n) is 55.3. The van der Waals surface area contributed by atoms with Gasteiger partial charge < -0.3 is 20.3 Å². The Morgan fingerprint density at radius 1 is 0.333 bits per heavy atom. The first-order valence-corrected chi connectivity index (χ1v) is 37.5. The zero-order valence-corrected chi connectivity index (χ0v) is 55.3. The molecule has 0 bridgehead atoms. The van der Waals surface area contributed by atoms with Crippen molar-refractivity contribution < 1.29 is 24.5 Å². The van der Waals surface area contributed by atoms with Gasteiger partial charge in [0, 0.05) is 12.8 Å². The maximum absolute atomic E-state index is 12.5. The highest BCUT2D eigenvalue weighted by Gasteiger charge is 2.18. The van der Waals surface area contributed by atoms with Gasteiger partial charge in [0.2, 0.25) is 5.91 Å². The van der Waals surface area contributed by atoms with Gasteiger partial charge in [-0.2, -0.15) is 0 Å². The van der Waals surface area contributed by atoms with Crippen molar-refractivity contribution in [2.24, 2.45) is 0 Å². The van der Waals surface area contributed by atoms with Gasteiger partial charge in [0.25, 0.3) is 0 Å². The van der Waals surface area contributed by atoms with Gasteiger partial charge in [-0.05, 0) is 32.1 Å². The lowest BCUT2D eigenvalue weighted by Crippen LogP contribution is -2.45. The molecule has 1 amide bonds. The van der Waals surface area contributed by atoms with Gasteiger partial charge in [0.05, 0.1) is 25.4 Å². The summed E-state index contributed by atoms with van der Waals surface area (Å²) in [6.45, 7) is 4.95. The van der Waals surface area contributed by atoms with Crippen molar-refractivity contribution in [1.29, 1.82) is 0 Å². The molecule has 2 unspecified atom stereocenters. The molecule has 0 spiro atoms. The summed E-state index contributed by atoms with van der Waals surface area (Å²) in [5.74, 6) is -0.0336. The van der Waals surface area contributed by atoms with Crippen LogP contribution < -0.4 is 5.32 Å². The van der Waals surface area contributed by atoms with E-state index < -0.39 is 12.1 Å². The lowest BCUT2D eigenvalue weighted by molar-refractivity contribution is -0.143. The van der Waals surface area contributed by atoms with Crippen LogP contribution in [0.2, 0.25) is 0 Å². The molecule has 0 aliphatic rings. The number of hydrogen-bond donors (Lipinski definition) is 3. The van der Waals surface area contributed by atoms with Crippen LogP contribution in [0.25, 0.3) is 0 Å². The minimum absolute atomic E-state index is 0.0268. The van der Waals surface area contributed by atoms with Gasteiger partial charge in [-0.15, -0.1) is 0 Å². The molecule has 0 aliphatic carbocycles. The second-order valence-corrected chi connectivity index (χ2v) is 26.0. The van der Waals surface area contributed by atoms with Gasteiger partial charge in [0.15, 0.2) is 0 Å². The van der Waals surface area contributed by atoms with E-state index in [1.807, 2.05) is 6.08 Å². The van der Waals surface area contributed by atoms with Crippen LogP contribution >= 0.6 is 0 Å². The first kappa shape index (κ1) is 79.6. The number of carbonyl (C=O) groups is 2. The molecule has 0 radical (unpaired) electrons. The van der Waals surface area contributed by atoms with Gasteiger partial charge >= 0.3 is 5.97 Å².